The first-order valence-electron chi connectivity index (χ1n) is 5.54. The summed E-state index contributed by atoms with van der Waals surface area (Å²) in [6.45, 7) is 9.61. The second-order valence-corrected chi connectivity index (χ2v) is 5.14. The second kappa shape index (κ2) is 4.94. The van der Waals surface area contributed by atoms with E-state index in [4.69, 9.17) is 0 Å². The minimum Gasteiger partial charge on any atom is -0.396 e. The fraction of sp³-hybridized carbons (Fsp3) is 0.833. The Balaban J connectivity index is 2.33. The van der Waals surface area contributed by atoms with Crippen molar-refractivity contribution in [3.8, 4) is 0 Å². The molecule has 0 aliphatic carbocycles. The van der Waals surface area contributed by atoms with Crippen molar-refractivity contribution in [2.75, 3.05) is 13.2 Å². The van der Waals surface area contributed by atoms with Gasteiger partial charge in [-0.1, -0.05) is 6.08 Å². The van der Waals surface area contributed by atoms with Gasteiger partial charge < -0.3 is 10.4 Å². The van der Waals surface area contributed by atoms with Crippen LogP contribution in [0.3, 0.4) is 0 Å². The Kier molecular flexibility index (Phi) is 4.14. The van der Waals surface area contributed by atoms with Crippen molar-refractivity contribution < 1.29 is 5.11 Å². The molecule has 14 heavy (non-hydrogen) atoms. The van der Waals surface area contributed by atoms with Crippen molar-refractivity contribution in [1.29, 1.82) is 0 Å². The van der Waals surface area contributed by atoms with Crippen LogP contribution >= 0.6 is 0 Å². The molecular formula is C12H23NO. The summed E-state index contributed by atoms with van der Waals surface area (Å²) in [4.78, 5) is 0. The number of aliphatic hydroxyl groups is 1. The van der Waals surface area contributed by atoms with Crippen molar-refractivity contribution in [1.82, 2.24) is 5.32 Å². The molecule has 0 amide bonds. The Labute approximate surface area is 87.4 Å². The molecule has 0 aromatic rings. The summed E-state index contributed by atoms with van der Waals surface area (Å²) in [7, 11) is 0. The van der Waals surface area contributed by atoms with Gasteiger partial charge >= 0.3 is 0 Å². The minimum atomic E-state index is 0.291. The highest BCUT2D eigenvalue weighted by Gasteiger charge is 2.31. The largest absolute Gasteiger partial charge is 0.396 e. The van der Waals surface area contributed by atoms with E-state index in [1.165, 1.54) is 6.42 Å². The molecule has 0 aromatic heterocycles. The molecule has 1 heterocycles. The van der Waals surface area contributed by atoms with Gasteiger partial charge in [0, 0.05) is 12.1 Å². The van der Waals surface area contributed by atoms with Crippen LogP contribution in [-0.2, 0) is 0 Å². The smallest absolute Gasteiger partial charge is 0.0462 e. The van der Waals surface area contributed by atoms with Gasteiger partial charge in [0.15, 0.2) is 0 Å². The van der Waals surface area contributed by atoms with Crippen molar-refractivity contribution >= 4 is 0 Å². The van der Waals surface area contributed by atoms with Gasteiger partial charge in [0.05, 0.1) is 0 Å². The van der Waals surface area contributed by atoms with Crippen molar-refractivity contribution in [3.05, 3.63) is 12.7 Å². The maximum atomic E-state index is 9.18. The summed E-state index contributed by atoms with van der Waals surface area (Å²) in [6, 6.07) is 0. The molecule has 0 saturated carbocycles. The van der Waals surface area contributed by atoms with Crippen molar-refractivity contribution in [3.63, 3.8) is 0 Å². The lowest BCUT2D eigenvalue weighted by molar-refractivity contribution is 0.203. The number of rotatable bonds is 5. The molecule has 2 N–H and O–H groups in total. The molecular weight excluding hydrogens is 174 g/mol. The molecule has 2 heteroatoms. The average molecular weight is 197 g/mol. The van der Waals surface area contributed by atoms with Crippen LogP contribution in [0.2, 0.25) is 0 Å². The summed E-state index contributed by atoms with van der Waals surface area (Å²) < 4.78 is 0. The lowest BCUT2D eigenvalue weighted by Crippen LogP contribution is -2.31. The molecule has 1 unspecified atom stereocenters. The van der Waals surface area contributed by atoms with Crippen LogP contribution in [-0.4, -0.2) is 23.8 Å². The molecule has 2 atom stereocenters. The van der Waals surface area contributed by atoms with Crippen LogP contribution in [0.25, 0.3) is 0 Å². The molecule has 2 nitrogen and oxygen atoms in total. The molecule has 0 aromatic carbocycles. The Morgan fingerprint density at radius 1 is 1.64 bits per heavy atom. The van der Waals surface area contributed by atoms with Crippen molar-refractivity contribution in [2.45, 2.75) is 38.6 Å². The van der Waals surface area contributed by atoms with Gasteiger partial charge in [-0.2, -0.15) is 0 Å². The zero-order chi connectivity index (χ0) is 10.6. The SMILES string of the molecule is C=CC[C@@H](CO)CC1CNC(C)(C)C1. The quantitative estimate of drug-likeness (QED) is 0.660. The van der Waals surface area contributed by atoms with E-state index in [0.717, 1.165) is 25.3 Å². The third-order valence-corrected chi connectivity index (χ3v) is 3.09. The Morgan fingerprint density at radius 3 is 2.79 bits per heavy atom. The predicted molar refractivity (Wildman–Crippen MR) is 60.2 cm³/mol. The maximum absolute atomic E-state index is 9.18. The Hall–Kier alpha value is -0.340. The highest BCUT2D eigenvalue weighted by atomic mass is 16.3. The molecule has 1 fully saturated rings. The van der Waals surface area contributed by atoms with Crippen LogP contribution in [0.4, 0.5) is 0 Å². The standard InChI is InChI=1S/C12H23NO/c1-4-5-10(9-14)6-11-7-12(2,3)13-8-11/h4,10-11,13-14H,1,5-9H2,2-3H3/t10-,11?/m1/s1. The van der Waals surface area contributed by atoms with Gasteiger partial charge in [-0.25, -0.2) is 0 Å². The highest BCUT2D eigenvalue weighted by molar-refractivity contribution is 4.90. The zero-order valence-corrected chi connectivity index (χ0v) is 9.42. The molecule has 0 spiro atoms. The lowest BCUT2D eigenvalue weighted by Gasteiger charge is -2.19. The first-order chi connectivity index (χ1) is 6.57. The molecule has 0 bridgehead atoms. The van der Waals surface area contributed by atoms with Crippen LogP contribution in [0.1, 0.15) is 33.1 Å². The Bertz CT molecular complexity index is 189. The van der Waals surface area contributed by atoms with Gasteiger partial charge in [0.2, 0.25) is 0 Å². The molecule has 0 radical (unpaired) electrons. The van der Waals surface area contributed by atoms with Crippen molar-refractivity contribution in [2.24, 2.45) is 11.8 Å². The molecule has 1 aliphatic heterocycles. The first-order valence-corrected chi connectivity index (χ1v) is 5.54. The zero-order valence-electron chi connectivity index (χ0n) is 9.42. The van der Waals surface area contributed by atoms with E-state index in [0.29, 0.717) is 18.1 Å². The monoisotopic (exact) mass is 197 g/mol. The van der Waals surface area contributed by atoms with Crippen LogP contribution in [0.5, 0.6) is 0 Å². The van der Waals surface area contributed by atoms with Gasteiger partial charge in [0.25, 0.3) is 0 Å². The van der Waals surface area contributed by atoms with Gasteiger partial charge in [-0.05, 0) is 51.5 Å². The van der Waals surface area contributed by atoms with Gasteiger partial charge in [-0.3, -0.25) is 0 Å². The average Bonchev–Trinajstić information content (AvgIpc) is 2.45. The second-order valence-electron chi connectivity index (χ2n) is 5.14. The maximum Gasteiger partial charge on any atom is 0.0462 e. The number of hydrogen-bond acceptors (Lipinski definition) is 2. The van der Waals surface area contributed by atoms with Crippen LogP contribution in [0.15, 0.2) is 12.7 Å². The third-order valence-electron chi connectivity index (χ3n) is 3.09. The van der Waals surface area contributed by atoms with E-state index in [-0.39, 0.29) is 0 Å². The topological polar surface area (TPSA) is 32.3 Å². The van der Waals surface area contributed by atoms with E-state index in [9.17, 15) is 5.11 Å². The van der Waals surface area contributed by atoms with E-state index in [2.05, 4.69) is 25.7 Å². The summed E-state index contributed by atoms with van der Waals surface area (Å²) in [5.74, 6) is 1.13. The fourth-order valence-electron chi connectivity index (χ4n) is 2.41. The normalized spacial score (nSPS) is 27.5. The number of aliphatic hydroxyl groups excluding tert-OH is 1. The highest BCUT2D eigenvalue weighted by Crippen LogP contribution is 2.29. The summed E-state index contributed by atoms with van der Waals surface area (Å²) >= 11 is 0. The fourth-order valence-corrected chi connectivity index (χ4v) is 2.41. The van der Waals surface area contributed by atoms with E-state index in [1.54, 1.807) is 0 Å². The molecule has 1 rings (SSSR count). The van der Waals surface area contributed by atoms with E-state index in [1.807, 2.05) is 6.08 Å². The van der Waals surface area contributed by atoms with Gasteiger partial charge in [-0.15, -0.1) is 6.58 Å². The van der Waals surface area contributed by atoms with E-state index >= 15 is 0 Å². The predicted octanol–water partition coefficient (Wildman–Crippen LogP) is 1.95. The first kappa shape index (κ1) is 11.7. The van der Waals surface area contributed by atoms with Crippen LogP contribution in [0, 0.1) is 11.8 Å². The third kappa shape index (κ3) is 3.43. The van der Waals surface area contributed by atoms with Crippen LogP contribution < -0.4 is 5.32 Å². The molecule has 82 valence electrons. The Morgan fingerprint density at radius 2 is 2.36 bits per heavy atom. The van der Waals surface area contributed by atoms with Gasteiger partial charge in [0.1, 0.15) is 0 Å². The lowest BCUT2D eigenvalue weighted by atomic mass is 9.88. The minimum absolute atomic E-state index is 0.291. The molecule has 1 aliphatic rings. The number of allylic oxidation sites excluding steroid dienone is 1. The summed E-state index contributed by atoms with van der Waals surface area (Å²) in [5.41, 5.74) is 0.291. The summed E-state index contributed by atoms with van der Waals surface area (Å²) in [5, 5.41) is 12.7. The number of nitrogens with one attached hydrogen (secondary N) is 1. The molecule has 1 saturated heterocycles. The summed E-state index contributed by atoms with van der Waals surface area (Å²) in [6.07, 6.45) is 5.20. The number of hydrogen-bond donors (Lipinski definition) is 2. The van der Waals surface area contributed by atoms with E-state index < -0.39 is 0 Å².